The first kappa shape index (κ1) is 18.5. The molecule has 0 aliphatic heterocycles. The van der Waals surface area contributed by atoms with Gasteiger partial charge in [0.1, 0.15) is 5.82 Å². The molecule has 0 saturated carbocycles. The lowest BCUT2D eigenvalue weighted by Gasteiger charge is -2.03. The average Bonchev–Trinajstić information content (AvgIpc) is 3.19. The van der Waals surface area contributed by atoms with E-state index in [-0.39, 0.29) is 29.5 Å². The van der Waals surface area contributed by atoms with Crippen molar-refractivity contribution in [3.63, 3.8) is 0 Å². The summed E-state index contributed by atoms with van der Waals surface area (Å²) >= 11 is 0. The number of carbonyl (C=O) groups is 1. The van der Waals surface area contributed by atoms with Gasteiger partial charge in [-0.25, -0.2) is 4.39 Å². The molecule has 29 heavy (non-hydrogen) atoms. The summed E-state index contributed by atoms with van der Waals surface area (Å²) in [7, 11) is 0. The Bertz CT molecular complexity index is 1230. The molecular weight excluding hydrogens is 375 g/mol. The van der Waals surface area contributed by atoms with Gasteiger partial charge in [-0.1, -0.05) is 12.1 Å². The van der Waals surface area contributed by atoms with Gasteiger partial charge in [-0.05, 0) is 48.4 Å². The summed E-state index contributed by atoms with van der Waals surface area (Å²) in [6, 6.07) is 11.2. The molecule has 1 N–H and O–H groups in total. The number of rotatable bonds is 5. The molecule has 0 saturated heterocycles. The number of halogens is 1. The number of nitrogens with zero attached hydrogens (tertiary/aromatic N) is 3. The summed E-state index contributed by atoms with van der Waals surface area (Å²) in [6.07, 6.45) is 3.58. The summed E-state index contributed by atoms with van der Waals surface area (Å²) in [4.78, 5) is 29.1. The number of amides is 1. The molecule has 3 aromatic heterocycles. The van der Waals surface area contributed by atoms with E-state index in [1.165, 1.54) is 12.1 Å². The fourth-order valence-corrected chi connectivity index (χ4v) is 3.00. The van der Waals surface area contributed by atoms with Crippen LogP contribution < -0.4 is 10.9 Å². The quantitative estimate of drug-likeness (QED) is 0.564. The van der Waals surface area contributed by atoms with Crippen molar-refractivity contribution < 1.29 is 13.6 Å². The van der Waals surface area contributed by atoms with E-state index in [9.17, 15) is 14.0 Å². The van der Waals surface area contributed by atoms with E-state index in [0.29, 0.717) is 17.5 Å². The molecule has 0 bridgehead atoms. The van der Waals surface area contributed by atoms with Crippen LogP contribution in [0.2, 0.25) is 0 Å². The zero-order valence-corrected chi connectivity index (χ0v) is 15.6. The molecule has 4 rings (SSSR count). The van der Waals surface area contributed by atoms with Crippen LogP contribution in [-0.2, 0) is 13.0 Å². The van der Waals surface area contributed by atoms with E-state index in [1.54, 1.807) is 49.6 Å². The van der Waals surface area contributed by atoms with Crippen molar-refractivity contribution in [2.75, 3.05) is 0 Å². The van der Waals surface area contributed by atoms with Crippen molar-refractivity contribution in [1.29, 1.82) is 0 Å². The number of hydrogen-bond donors (Lipinski definition) is 1. The van der Waals surface area contributed by atoms with Gasteiger partial charge in [-0.3, -0.25) is 14.6 Å². The van der Waals surface area contributed by atoms with Gasteiger partial charge in [0.2, 0.25) is 5.71 Å². The maximum absolute atomic E-state index is 13.1. The molecule has 0 aliphatic rings. The van der Waals surface area contributed by atoms with Crippen molar-refractivity contribution in [2.45, 2.75) is 19.9 Å². The first-order chi connectivity index (χ1) is 14.0. The Kier molecular flexibility index (Phi) is 4.90. The van der Waals surface area contributed by atoms with Crippen LogP contribution in [-0.4, -0.2) is 20.5 Å². The van der Waals surface area contributed by atoms with Gasteiger partial charge in [-0.2, -0.15) is 4.52 Å². The number of fused-ring (bicyclic) bond motifs is 1. The Balaban J connectivity index is 1.60. The Morgan fingerprint density at radius 2 is 1.86 bits per heavy atom. The second-order valence-corrected chi connectivity index (χ2v) is 6.62. The van der Waals surface area contributed by atoms with Gasteiger partial charge >= 0.3 is 11.8 Å². The highest BCUT2D eigenvalue weighted by Crippen LogP contribution is 2.14. The zero-order valence-electron chi connectivity index (χ0n) is 15.6. The van der Waals surface area contributed by atoms with Gasteiger partial charge in [-0.15, -0.1) is 5.10 Å². The largest absolute Gasteiger partial charge is 0.414 e. The summed E-state index contributed by atoms with van der Waals surface area (Å²) < 4.78 is 19.7. The topological polar surface area (TPSA) is 89.5 Å². The van der Waals surface area contributed by atoms with Gasteiger partial charge in [0.05, 0.1) is 0 Å². The van der Waals surface area contributed by atoms with Crippen molar-refractivity contribution in [3.05, 3.63) is 99.2 Å². The summed E-state index contributed by atoms with van der Waals surface area (Å²) in [5, 5.41) is 6.76. The molecule has 1 aromatic carbocycles. The van der Waals surface area contributed by atoms with Crippen LogP contribution in [0.1, 0.15) is 32.9 Å². The lowest BCUT2D eigenvalue weighted by atomic mass is 10.1. The van der Waals surface area contributed by atoms with Crippen LogP contribution in [0.4, 0.5) is 4.39 Å². The molecule has 0 unspecified atom stereocenters. The Morgan fingerprint density at radius 3 is 2.59 bits per heavy atom. The highest BCUT2D eigenvalue weighted by molar-refractivity contribution is 5.89. The molecule has 0 fully saturated rings. The van der Waals surface area contributed by atoms with Crippen LogP contribution in [0.25, 0.3) is 5.71 Å². The summed E-state index contributed by atoms with van der Waals surface area (Å²) in [6.45, 7) is 2.05. The number of benzene rings is 1. The van der Waals surface area contributed by atoms with Crippen LogP contribution in [0, 0.1) is 12.7 Å². The molecule has 0 atom stereocenters. The minimum absolute atomic E-state index is 0.196. The molecular formula is C21H17FN4O3. The number of hydrogen-bond acceptors (Lipinski definition) is 5. The fourth-order valence-electron chi connectivity index (χ4n) is 3.00. The predicted octanol–water partition coefficient (Wildman–Crippen LogP) is 2.65. The molecule has 0 spiro atoms. The number of pyridine rings is 2. The second-order valence-electron chi connectivity index (χ2n) is 6.62. The Hall–Kier alpha value is -3.81. The molecule has 4 aromatic rings. The maximum atomic E-state index is 13.1. The third-order valence-corrected chi connectivity index (χ3v) is 4.48. The van der Waals surface area contributed by atoms with Crippen LogP contribution in [0.3, 0.4) is 0 Å². The number of carbonyl (C=O) groups excluding carboxylic acids is 1. The third-order valence-electron chi connectivity index (χ3n) is 4.48. The molecule has 3 heterocycles. The summed E-state index contributed by atoms with van der Waals surface area (Å²) in [5.41, 5.74) is 2.64. The van der Waals surface area contributed by atoms with E-state index in [2.05, 4.69) is 15.4 Å². The van der Waals surface area contributed by atoms with Crippen LogP contribution in [0.15, 0.2) is 64.1 Å². The van der Waals surface area contributed by atoms with Gasteiger partial charge in [0.15, 0.2) is 0 Å². The maximum Gasteiger partial charge on any atom is 0.309 e. The number of nitrogens with one attached hydrogen (secondary N) is 1. The van der Waals surface area contributed by atoms with Gasteiger partial charge in [0, 0.05) is 36.5 Å². The summed E-state index contributed by atoms with van der Waals surface area (Å²) in [5.74, 6) is -1.06. The molecule has 146 valence electrons. The van der Waals surface area contributed by atoms with E-state index < -0.39 is 5.91 Å². The van der Waals surface area contributed by atoms with Crippen molar-refractivity contribution in [1.82, 2.24) is 19.9 Å². The lowest BCUT2D eigenvalue weighted by molar-refractivity contribution is 0.0918. The van der Waals surface area contributed by atoms with Crippen molar-refractivity contribution in [3.8, 4) is 0 Å². The minimum Gasteiger partial charge on any atom is -0.414 e. The number of aryl methyl sites for hydroxylation is 1. The fraction of sp³-hybridized carbons (Fsp3) is 0.143. The molecule has 0 radical (unpaired) electrons. The second kappa shape index (κ2) is 7.67. The standard InChI is InChI=1S/C21H17FN4O3/c1-13-10-16(11-14-2-4-17(22)5-3-14)20(28)26-21(13)29-19(25-26)18(27)24-12-15-6-8-23-9-7-15/h2-10H,11-12H2,1H3,(H,24,27). The Morgan fingerprint density at radius 1 is 1.14 bits per heavy atom. The SMILES string of the molecule is Cc1cc(Cc2ccc(F)cc2)c(=O)n2nc(C(=O)NCc3ccncc3)oc12. The van der Waals surface area contributed by atoms with Gasteiger partial charge < -0.3 is 9.73 Å². The smallest absolute Gasteiger partial charge is 0.309 e. The molecule has 7 nitrogen and oxygen atoms in total. The predicted molar refractivity (Wildman–Crippen MR) is 103 cm³/mol. The van der Waals surface area contributed by atoms with E-state index in [0.717, 1.165) is 15.6 Å². The minimum atomic E-state index is -0.524. The third kappa shape index (κ3) is 3.91. The Labute approximate surface area is 164 Å². The highest BCUT2D eigenvalue weighted by atomic mass is 19.1. The monoisotopic (exact) mass is 392 g/mol. The lowest BCUT2D eigenvalue weighted by Crippen LogP contribution is -2.24. The molecule has 1 amide bonds. The van der Waals surface area contributed by atoms with E-state index >= 15 is 0 Å². The highest BCUT2D eigenvalue weighted by Gasteiger charge is 2.18. The first-order valence-corrected chi connectivity index (χ1v) is 8.95. The van der Waals surface area contributed by atoms with Gasteiger partial charge in [0.25, 0.3) is 5.56 Å². The normalized spacial score (nSPS) is 11.0. The molecule has 8 heteroatoms. The number of aromatic nitrogens is 3. The average molecular weight is 392 g/mol. The van der Waals surface area contributed by atoms with Crippen LogP contribution in [0.5, 0.6) is 0 Å². The van der Waals surface area contributed by atoms with E-state index in [1.807, 2.05) is 0 Å². The van der Waals surface area contributed by atoms with E-state index in [4.69, 9.17) is 4.42 Å². The molecule has 0 aliphatic carbocycles. The first-order valence-electron chi connectivity index (χ1n) is 8.95. The zero-order chi connectivity index (χ0) is 20.4. The van der Waals surface area contributed by atoms with Crippen molar-refractivity contribution in [2.24, 2.45) is 0 Å². The van der Waals surface area contributed by atoms with Crippen molar-refractivity contribution >= 4 is 11.6 Å². The van der Waals surface area contributed by atoms with Crippen LogP contribution >= 0.6 is 0 Å².